The number of rotatable bonds is 4. The predicted octanol–water partition coefficient (Wildman–Crippen LogP) is 7.28. The molecular formula is C24H28Cl2N2Si. The number of benzene rings is 2. The standard InChI is InChI=1S/C24H28Cl2N2Si/c1-18-20(17-27-12-14-29(2,3)15-13-27)16-24(19-4-6-21(25)7-5-19)28(18)23-10-8-22(26)9-11-23/h4-11,16H,12-15,17H2,1-3H3. The summed E-state index contributed by atoms with van der Waals surface area (Å²) in [6.07, 6.45) is 0. The van der Waals surface area contributed by atoms with E-state index in [0.717, 1.165) is 22.3 Å². The normalized spacial score (nSPS) is 16.9. The Bertz CT molecular complexity index is 981. The van der Waals surface area contributed by atoms with Crippen LogP contribution in [0, 0.1) is 6.92 Å². The van der Waals surface area contributed by atoms with Gasteiger partial charge in [-0.2, -0.15) is 0 Å². The van der Waals surface area contributed by atoms with E-state index in [1.54, 1.807) is 0 Å². The van der Waals surface area contributed by atoms with Gasteiger partial charge in [0.1, 0.15) is 0 Å². The lowest BCUT2D eigenvalue weighted by Gasteiger charge is -2.35. The SMILES string of the molecule is Cc1c(CN2CC[Si](C)(C)CC2)cc(-c2ccc(Cl)cc2)n1-c1ccc(Cl)cc1. The van der Waals surface area contributed by atoms with Crippen molar-refractivity contribution in [1.29, 1.82) is 0 Å². The molecule has 5 heteroatoms. The first-order chi connectivity index (χ1) is 13.8. The van der Waals surface area contributed by atoms with E-state index in [0.29, 0.717) is 0 Å². The molecule has 0 atom stereocenters. The number of nitrogens with zero attached hydrogens (tertiary/aromatic N) is 2. The van der Waals surface area contributed by atoms with Crippen LogP contribution in [0.4, 0.5) is 0 Å². The summed E-state index contributed by atoms with van der Waals surface area (Å²) in [7, 11) is -0.957. The summed E-state index contributed by atoms with van der Waals surface area (Å²) >= 11 is 12.3. The van der Waals surface area contributed by atoms with Crippen molar-refractivity contribution in [2.24, 2.45) is 0 Å². The van der Waals surface area contributed by atoms with Crippen molar-refractivity contribution in [1.82, 2.24) is 9.47 Å². The van der Waals surface area contributed by atoms with E-state index in [1.165, 1.54) is 47.7 Å². The van der Waals surface area contributed by atoms with Crippen LogP contribution in [0.15, 0.2) is 54.6 Å². The van der Waals surface area contributed by atoms with Gasteiger partial charge in [0.15, 0.2) is 0 Å². The van der Waals surface area contributed by atoms with Crippen molar-refractivity contribution in [3.63, 3.8) is 0 Å². The molecule has 1 saturated heterocycles. The Hall–Kier alpha value is -1.52. The zero-order valence-corrected chi connectivity index (χ0v) is 19.9. The Morgan fingerprint density at radius 3 is 2.00 bits per heavy atom. The Morgan fingerprint density at radius 2 is 1.41 bits per heavy atom. The Kier molecular flexibility index (Phi) is 5.94. The maximum Gasteiger partial charge on any atom is 0.0534 e. The lowest BCUT2D eigenvalue weighted by Crippen LogP contribution is -2.42. The molecule has 29 heavy (non-hydrogen) atoms. The first kappa shape index (κ1) is 20.7. The number of halogens is 2. The van der Waals surface area contributed by atoms with Gasteiger partial charge in [-0.25, -0.2) is 0 Å². The lowest BCUT2D eigenvalue weighted by molar-refractivity contribution is 0.281. The van der Waals surface area contributed by atoms with Crippen molar-refractivity contribution in [2.75, 3.05) is 13.1 Å². The molecule has 0 saturated carbocycles. The minimum Gasteiger partial charge on any atom is -0.314 e. The van der Waals surface area contributed by atoms with Crippen LogP contribution in [-0.4, -0.2) is 30.6 Å². The summed E-state index contributed by atoms with van der Waals surface area (Å²) in [6, 6.07) is 21.4. The van der Waals surface area contributed by atoms with Crippen LogP contribution < -0.4 is 0 Å². The number of hydrogen-bond donors (Lipinski definition) is 0. The van der Waals surface area contributed by atoms with Crippen molar-refractivity contribution in [3.05, 3.63) is 75.9 Å². The largest absolute Gasteiger partial charge is 0.314 e. The van der Waals surface area contributed by atoms with E-state index < -0.39 is 8.07 Å². The highest BCUT2D eigenvalue weighted by Gasteiger charge is 2.28. The van der Waals surface area contributed by atoms with Crippen molar-refractivity contribution in [2.45, 2.75) is 38.7 Å². The summed E-state index contributed by atoms with van der Waals surface area (Å²) in [5.74, 6) is 0. The molecule has 0 spiro atoms. The van der Waals surface area contributed by atoms with Gasteiger partial charge in [0.25, 0.3) is 0 Å². The van der Waals surface area contributed by atoms with Gasteiger partial charge < -0.3 is 4.57 Å². The Labute approximate surface area is 185 Å². The third-order valence-corrected chi connectivity index (χ3v) is 9.84. The average molecular weight is 443 g/mol. The summed E-state index contributed by atoms with van der Waals surface area (Å²) in [6.45, 7) is 10.7. The van der Waals surface area contributed by atoms with Crippen LogP contribution in [0.5, 0.6) is 0 Å². The first-order valence-corrected chi connectivity index (χ1v) is 14.4. The molecule has 0 aliphatic carbocycles. The minimum atomic E-state index is -0.957. The maximum atomic E-state index is 6.14. The fourth-order valence-electron chi connectivity index (χ4n) is 4.13. The zero-order chi connectivity index (χ0) is 20.6. The van der Waals surface area contributed by atoms with Gasteiger partial charge >= 0.3 is 0 Å². The maximum absolute atomic E-state index is 6.14. The highest BCUT2D eigenvalue weighted by Crippen LogP contribution is 2.32. The fraction of sp³-hybridized carbons (Fsp3) is 0.333. The monoisotopic (exact) mass is 442 g/mol. The minimum absolute atomic E-state index is 0.756. The van der Waals surface area contributed by atoms with E-state index in [4.69, 9.17) is 23.2 Å². The average Bonchev–Trinajstić information content (AvgIpc) is 3.01. The highest BCUT2D eigenvalue weighted by atomic mass is 35.5. The van der Waals surface area contributed by atoms with Gasteiger partial charge in [-0.1, -0.05) is 48.4 Å². The topological polar surface area (TPSA) is 8.17 Å². The molecule has 1 aliphatic rings. The third-order valence-electron chi connectivity index (χ3n) is 6.18. The Morgan fingerprint density at radius 1 is 0.862 bits per heavy atom. The molecule has 1 fully saturated rings. The fourth-order valence-corrected chi connectivity index (χ4v) is 6.48. The van der Waals surface area contributed by atoms with Crippen LogP contribution in [0.25, 0.3) is 16.9 Å². The first-order valence-electron chi connectivity index (χ1n) is 10.3. The molecule has 1 aliphatic heterocycles. The van der Waals surface area contributed by atoms with Gasteiger partial charge in [0.05, 0.1) is 5.69 Å². The van der Waals surface area contributed by atoms with Gasteiger partial charge in [0, 0.05) is 36.0 Å². The van der Waals surface area contributed by atoms with Gasteiger partial charge in [-0.05, 0) is 85.7 Å². The molecule has 2 heterocycles. The van der Waals surface area contributed by atoms with Crippen molar-refractivity contribution >= 4 is 31.3 Å². The van der Waals surface area contributed by atoms with E-state index in [9.17, 15) is 0 Å². The zero-order valence-electron chi connectivity index (χ0n) is 17.4. The van der Waals surface area contributed by atoms with Crippen LogP contribution in [0.3, 0.4) is 0 Å². The molecule has 2 nitrogen and oxygen atoms in total. The van der Waals surface area contributed by atoms with Crippen LogP contribution >= 0.6 is 23.2 Å². The summed E-state index contributed by atoms with van der Waals surface area (Å²) in [4.78, 5) is 2.62. The van der Waals surface area contributed by atoms with Gasteiger partial charge in [-0.15, -0.1) is 0 Å². The molecule has 0 radical (unpaired) electrons. The summed E-state index contributed by atoms with van der Waals surface area (Å²) in [5.41, 5.74) is 6.19. The molecule has 0 N–H and O–H groups in total. The number of hydrogen-bond acceptors (Lipinski definition) is 1. The summed E-state index contributed by atoms with van der Waals surface area (Å²) in [5, 5.41) is 1.52. The molecule has 152 valence electrons. The lowest BCUT2D eigenvalue weighted by atomic mass is 10.1. The van der Waals surface area contributed by atoms with Crippen LogP contribution in [-0.2, 0) is 6.54 Å². The van der Waals surface area contributed by atoms with E-state index in [2.05, 4.69) is 59.8 Å². The molecule has 2 aromatic carbocycles. The molecule has 1 aromatic heterocycles. The number of aromatic nitrogens is 1. The van der Waals surface area contributed by atoms with Gasteiger partial charge in [-0.3, -0.25) is 4.90 Å². The molecule has 3 aromatic rings. The molecule has 0 amide bonds. The Balaban J connectivity index is 1.72. The second kappa shape index (κ2) is 8.31. The quantitative estimate of drug-likeness (QED) is 0.385. The highest BCUT2D eigenvalue weighted by molar-refractivity contribution is 6.77. The molecule has 0 unspecified atom stereocenters. The van der Waals surface area contributed by atoms with E-state index in [-0.39, 0.29) is 0 Å². The van der Waals surface area contributed by atoms with Gasteiger partial charge in [0.2, 0.25) is 0 Å². The molecule has 4 rings (SSSR count). The van der Waals surface area contributed by atoms with E-state index in [1.807, 2.05) is 24.3 Å². The second-order valence-electron chi connectivity index (χ2n) is 8.90. The van der Waals surface area contributed by atoms with Crippen molar-refractivity contribution < 1.29 is 0 Å². The third kappa shape index (κ3) is 4.64. The predicted molar refractivity (Wildman–Crippen MR) is 128 cm³/mol. The molecular weight excluding hydrogens is 415 g/mol. The van der Waals surface area contributed by atoms with Crippen LogP contribution in [0.1, 0.15) is 11.3 Å². The second-order valence-corrected chi connectivity index (χ2v) is 15.1. The van der Waals surface area contributed by atoms with E-state index >= 15 is 0 Å². The van der Waals surface area contributed by atoms with Crippen LogP contribution in [0.2, 0.25) is 35.2 Å². The molecule has 0 bridgehead atoms. The summed E-state index contributed by atoms with van der Waals surface area (Å²) < 4.78 is 2.34. The smallest absolute Gasteiger partial charge is 0.0534 e. The van der Waals surface area contributed by atoms with Crippen molar-refractivity contribution in [3.8, 4) is 16.9 Å².